The average molecular weight is 431 g/mol. The van der Waals surface area contributed by atoms with Crippen molar-refractivity contribution in [2.75, 3.05) is 6.61 Å². The summed E-state index contributed by atoms with van der Waals surface area (Å²) in [5.74, 6) is 0.0330. The Kier molecular flexibility index (Phi) is 17.2. The first-order chi connectivity index (χ1) is 14.4. The SMILES string of the molecule is C=C(/C=C(/COC(C)=O)C(=C)CC)C(=C)/C(F)=C\C(=C)C(C)CCC(C)CC.C=CC. The second-order valence-electron chi connectivity index (χ2n) is 7.88. The van der Waals surface area contributed by atoms with Gasteiger partial charge in [0.05, 0.1) is 0 Å². The molecule has 0 spiro atoms. The number of rotatable bonds is 13. The van der Waals surface area contributed by atoms with E-state index in [1.54, 1.807) is 12.2 Å². The molecule has 2 atom stereocenters. The van der Waals surface area contributed by atoms with E-state index in [0.29, 0.717) is 23.5 Å². The summed E-state index contributed by atoms with van der Waals surface area (Å²) in [7, 11) is 0. The van der Waals surface area contributed by atoms with Gasteiger partial charge in [0.2, 0.25) is 0 Å². The maximum atomic E-state index is 14.7. The third-order valence-corrected chi connectivity index (χ3v) is 5.07. The first kappa shape index (κ1) is 30.8. The van der Waals surface area contributed by atoms with Crippen LogP contribution in [0, 0.1) is 11.8 Å². The molecule has 0 saturated heterocycles. The fourth-order valence-corrected chi connectivity index (χ4v) is 2.42. The molecule has 0 aliphatic rings. The van der Waals surface area contributed by atoms with Crippen molar-refractivity contribution >= 4 is 5.97 Å². The summed E-state index contributed by atoms with van der Waals surface area (Å²) >= 11 is 0. The molecule has 2 nitrogen and oxygen atoms in total. The molecule has 0 radical (unpaired) electrons. The summed E-state index contributed by atoms with van der Waals surface area (Å²) in [4.78, 5) is 11.1. The lowest BCUT2D eigenvalue weighted by molar-refractivity contribution is -0.139. The number of allylic oxidation sites excluding steroid dienone is 7. The molecule has 31 heavy (non-hydrogen) atoms. The topological polar surface area (TPSA) is 26.3 Å². The van der Waals surface area contributed by atoms with Gasteiger partial charge in [0.1, 0.15) is 12.4 Å². The van der Waals surface area contributed by atoms with E-state index in [2.05, 4.69) is 53.7 Å². The Balaban J connectivity index is 0. The van der Waals surface area contributed by atoms with Gasteiger partial charge < -0.3 is 4.74 Å². The van der Waals surface area contributed by atoms with Crippen molar-refractivity contribution in [3.63, 3.8) is 0 Å². The molecule has 0 aliphatic heterocycles. The van der Waals surface area contributed by atoms with Crippen LogP contribution in [0.2, 0.25) is 0 Å². The molecule has 0 aromatic carbocycles. The van der Waals surface area contributed by atoms with Crippen LogP contribution in [0.3, 0.4) is 0 Å². The summed E-state index contributed by atoms with van der Waals surface area (Å²) in [5.41, 5.74) is 2.88. The number of carbonyl (C=O) groups is 1. The number of esters is 1. The molecule has 0 fully saturated rings. The van der Waals surface area contributed by atoms with E-state index in [1.807, 2.05) is 13.8 Å². The van der Waals surface area contributed by atoms with Crippen LogP contribution < -0.4 is 0 Å². The largest absolute Gasteiger partial charge is 0.461 e. The molecule has 2 unspecified atom stereocenters. The lowest BCUT2D eigenvalue weighted by Gasteiger charge is -2.15. The van der Waals surface area contributed by atoms with Crippen molar-refractivity contribution in [3.8, 4) is 0 Å². The molecule has 0 bridgehead atoms. The van der Waals surface area contributed by atoms with E-state index in [-0.39, 0.29) is 24.1 Å². The standard InChI is InChI=1S/C25H37FO2.C3H6/c1-10-17(3)12-13-19(5)20(6)15-25(26)22(8)21(7)14-24(18(4)11-2)16-28-23(9)27;1-3-2/h14-15,17,19H,4,6-8,10-13,16H2,1-3,5,9H3;3H,1H2,2H3/b24-14-,25-15+;. The van der Waals surface area contributed by atoms with Crippen LogP contribution in [0.4, 0.5) is 4.39 Å². The molecule has 0 saturated carbocycles. The van der Waals surface area contributed by atoms with Crippen molar-refractivity contribution in [2.24, 2.45) is 11.8 Å². The summed E-state index contributed by atoms with van der Waals surface area (Å²) in [5, 5.41) is 0. The predicted molar refractivity (Wildman–Crippen MR) is 134 cm³/mol. The Bertz CT molecular complexity index is 707. The lowest BCUT2D eigenvalue weighted by atomic mass is 9.91. The smallest absolute Gasteiger partial charge is 0.302 e. The van der Waals surface area contributed by atoms with Crippen LogP contribution in [-0.4, -0.2) is 12.6 Å². The van der Waals surface area contributed by atoms with Crippen LogP contribution in [0.5, 0.6) is 0 Å². The highest BCUT2D eigenvalue weighted by atomic mass is 19.1. The fraction of sp³-hybridized carbons (Fsp3) is 0.464. The van der Waals surface area contributed by atoms with Gasteiger partial charge in [-0.05, 0) is 66.0 Å². The minimum Gasteiger partial charge on any atom is -0.461 e. The van der Waals surface area contributed by atoms with Crippen molar-refractivity contribution in [1.29, 1.82) is 0 Å². The summed E-state index contributed by atoms with van der Waals surface area (Å²) in [6.45, 7) is 30.8. The van der Waals surface area contributed by atoms with Gasteiger partial charge in [0, 0.05) is 12.5 Å². The summed E-state index contributed by atoms with van der Waals surface area (Å²) in [6, 6.07) is 0. The number of ether oxygens (including phenoxy) is 1. The molecule has 0 aliphatic carbocycles. The molecule has 3 heteroatoms. The first-order valence-electron chi connectivity index (χ1n) is 11.0. The molecule has 0 rings (SSSR count). The van der Waals surface area contributed by atoms with Crippen molar-refractivity contribution in [3.05, 3.63) is 84.8 Å². The molecule has 0 aromatic heterocycles. The van der Waals surface area contributed by atoms with Crippen molar-refractivity contribution < 1.29 is 13.9 Å². The van der Waals surface area contributed by atoms with E-state index in [4.69, 9.17) is 4.74 Å². The number of hydrogen-bond donors (Lipinski definition) is 0. The monoisotopic (exact) mass is 430 g/mol. The Morgan fingerprint density at radius 1 is 1.06 bits per heavy atom. The van der Waals surface area contributed by atoms with Gasteiger partial charge in [-0.25, -0.2) is 4.39 Å². The maximum absolute atomic E-state index is 14.7. The molecule has 174 valence electrons. The molecular weight excluding hydrogens is 387 g/mol. The minimum atomic E-state index is -0.449. The van der Waals surface area contributed by atoms with E-state index in [1.165, 1.54) is 13.0 Å². The predicted octanol–water partition coefficient (Wildman–Crippen LogP) is 8.62. The zero-order chi connectivity index (χ0) is 24.6. The zero-order valence-corrected chi connectivity index (χ0v) is 20.7. The zero-order valence-electron chi connectivity index (χ0n) is 20.7. The Hall–Kier alpha value is -2.42. The second-order valence-corrected chi connectivity index (χ2v) is 7.88. The third kappa shape index (κ3) is 14.3. The van der Waals surface area contributed by atoms with E-state index in [0.717, 1.165) is 30.4 Å². The molecule has 0 amide bonds. The fourth-order valence-electron chi connectivity index (χ4n) is 2.42. The highest BCUT2D eigenvalue weighted by Gasteiger charge is 2.12. The van der Waals surface area contributed by atoms with Crippen LogP contribution >= 0.6 is 0 Å². The number of halogens is 1. The molecular formula is C28H43FO2. The van der Waals surface area contributed by atoms with Crippen LogP contribution in [-0.2, 0) is 9.53 Å². The molecule has 0 aromatic rings. The third-order valence-electron chi connectivity index (χ3n) is 5.07. The van der Waals surface area contributed by atoms with Crippen LogP contribution in [0.25, 0.3) is 0 Å². The van der Waals surface area contributed by atoms with Crippen molar-refractivity contribution in [2.45, 2.75) is 67.2 Å². The highest BCUT2D eigenvalue weighted by Crippen LogP contribution is 2.27. The van der Waals surface area contributed by atoms with Gasteiger partial charge in [0.25, 0.3) is 0 Å². The van der Waals surface area contributed by atoms with E-state index >= 15 is 0 Å². The minimum absolute atomic E-state index is 0.0823. The van der Waals surface area contributed by atoms with Gasteiger partial charge in [-0.3, -0.25) is 4.79 Å². The van der Waals surface area contributed by atoms with Gasteiger partial charge in [-0.1, -0.05) is 72.9 Å². The average Bonchev–Trinajstić information content (AvgIpc) is 2.73. The highest BCUT2D eigenvalue weighted by molar-refractivity contribution is 5.66. The van der Waals surface area contributed by atoms with Gasteiger partial charge in [-0.15, -0.1) is 6.58 Å². The van der Waals surface area contributed by atoms with Gasteiger partial charge in [-0.2, -0.15) is 0 Å². The second kappa shape index (κ2) is 17.3. The van der Waals surface area contributed by atoms with E-state index in [9.17, 15) is 9.18 Å². The Morgan fingerprint density at radius 2 is 1.61 bits per heavy atom. The maximum Gasteiger partial charge on any atom is 0.302 e. The normalized spacial score (nSPS) is 13.3. The quantitative estimate of drug-likeness (QED) is 0.166. The lowest BCUT2D eigenvalue weighted by Crippen LogP contribution is -2.05. The Labute approximate surface area is 190 Å². The van der Waals surface area contributed by atoms with Crippen LogP contribution in [0.15, 0.2) is 84.8 Å². The van der Waals surface area contributed by atoms with Gasteiger partial charge >= 0.3 is 5.97 Å². The summed E-state index contributed by atoms with van der Waals surface area (Å²) in [6.07, 6.45) is 8.79. The Morgan fingerprint density at radius 3 is 2.06 bits per heavy atom. The number of carbonyl (C=O) groups excluding carboxylic acids is 1. The van der Waals surface area contributed by atoms with Crippen LogP contribution in [0.1, 0.15) is 67.2 Å². The van der Waals surface area contributed by atoms with Crippen molar-refractivity contribution in [1.82, 2.24) is 0 Å². The summed E-state index contributed by atoms with van der Waals surface area (Å²) < 4.78 is 19.7. The first-order valence-corrected chi connectivity index (χ1v) is 11.0. The molecule has 0 heterocycles. The van der Waals surface area contributed by atoms with Gasteiger partial charge in [0.15, 0.2) is 0 Å². The number of hydrogen-bond acceptors (Lipinski definition) is 2. The van der Waals surface area contributed by atoms with E-state index < -0.39 is 5.83 Å². The molecule has 0 N–H and O–H groups in total.